The number of piperidine rings is 1. The quantitative estimate of drug-likeness (QED) is 0.421. The maximum atomic E-state index is 13.6. The predicted octanol–water partition coefficient (Wildman–Crippen LogP) is 5.43. The summed E-state index contributed by atoms with van der Waals surface area (Å²) < 4.78 is 5.69. The van der Waals surface area contributed by atoms with E-state index in [-0.39, 0.29) is 17.7 Å². The summed E-state index contributed by atoms with van der Waals surface area (Å²) in [5.41, 5.74) is -0.626. The van der Waals surface area contributed by atoms with Crippen LogP contribution in [0, 0.1) is 11.3 Å². The van der Waals surface area contributed by atoms with Gasteiger partial charge in [0.25, 0.3) is 5.91 Å². The molecule has 3 aromatic rings. The van der Waals surface area contributed by atoms with Crippen LogP contribution in [0.25, 0.3) is 0 Å². The fraction of sp³-hybridized carbons (Fsp3) is 0.367. The first-order chi connectivity index (χ1) is 18.0. The Labute approximate surface area is 228 Å². The van der Waals surface area contributed by atoms with Gasteiger partial charge in [-0.25, -0.2) is 4.98 Å². The van der Waals surface area contributed by atoms with Gasteiger partial charge in [-0.2, -0.15) is 0 Å². The normalized spacial score (nSPS) is 19.6. The van der Waals surface area contributed by atoms with Crippen molar-refractivity contribution in [1.29, 1.82) is 0 Å². The van der Waals surface area contributed by atoms with Crippen LogP contribution in [0.5, 0.6) is 11.6 Å². The van der Waals surface area contributed by atoms with Gasteiger partial charge >= 0.3 is 0 Å². The zero-order valence-electron chi connectivity index (χ0n) is 22.1. The van der Waals surface area contributed by atoms with Gasteiger partial charge < -0.3 is 20.1 Å². The van der Waals surface area contributed by atoms with Crippen molar-refractivity contribution in [2.24, 2.45) is 11.3 Å². The molecule has 2 amide bonds. The first-order valence-electron chi connectivity index (χ1n) is 12.8. The minimum Gasteiger partial charge on any atom is -0.439 e. The van der Waals surface area contributed by atoms with E-state index in [4.69, 9.17) is 16.3 Å². The van der Waals surface area contributed by atoms with Crippen LogP contribution in [0.15, 0.2) is 72.9 Å². The number of nitrogens with one attached hydrogen (secondary N) is 1. The van der Waals surface area contributed by atoms with Gasteiger partial charge in [0, 0.05) is 35.8 Å². The lowest BCUT2D eigenvalue weighted by atomic mass is 9.66. The largest absolute Gasteiger partial charge is 0.439 e. The Kier molecular flexibility index (Phi) is 8.09. The number of aromatic nitrogens is 1. The number of carbonyl (C=O) groups is 2. The molecule has 0 unspecified atom stereocenters. The fourth-order valence-corrected chi connectivity index (χ4v) is 5.02. The second-order valence-electron chi connectivity index (χ2n) is 10.8. The molecule has 2 atom stereocenters. The van der Waals surface area contributed by atoms with Gasteiger partial charge in [0.2, 0.25) is 11.8 Å². The Hall–Kier alpha value is -3.42. The minimum absolute atomic E-state index is 0.139. The fourth-order valence-electron chi connectivity index (χ4n) is 4.89. The molecule has 0 bridgehead atoms. The highest BCUT2D eigenvalue weighted by atomic mass is 35.5. The lowest BCUT2D eigenvalue weighted by molar-refractivity contribution is -0.155. The first kappa shape index (κ1) is 27.6. The number of halogens is 1. The third-order valence-corrected chi connectivity index (χ3v) is 7.52. The Morgan fingerprint density at radius 1 is 1.05 bits per heavy atom. The van der Waals surface area contributed by atoms with E-state index in [1.165, 1.54) is 6.20 Å². The number of amides is 2. The summed E-state index contributed by atoms with van der Waals surface area (Å²) in [4.78, 5) is 32.6. The van der Waals surface area contributed by atoms with E-state index in [0.717, 1.165) is 5.56 Å². The van der Waals surface area contributed by atoms with E-state index in [1.54, 1.807) is 29.2 Å². The van der Waals surface area contributed by atoms with Crippen LogP contribution in [0.3, 0.4) is 0 Å². The molecule has 0 saturated carbocycles. The van der Waals surface area contributed by atoms with Crippen LogP contribution >= 0.6 is 11.6 Å². The number of benzene rings is 2. The van der Waals surface area contributed by atoms with Crippen molar-refractivity contribution in [2.45, 2.75) is 45.8 Å². The molecular formula is C30H34ClN3O4. The van der Waals surface area contributed by atoms with Crippen LogP contribution in [-0.2, 0) is 10.4 Å². The monoisotopic (exact) mass is 535 g/mol. The number of ether oxygens (including phenoxy) is 1. The van der Waals surface area contributed by atoms with Gasteiger partial charge in [0.15, 0.2) is 0 Å². The van der Waals surface area contributed by atoms with E-state index >= 15 is 0 Å². The highest BCUT2D eigenvalue weighted by Gasteiger charge is 2.50. The van der Waals surface area contributed by atoms with Crippen molar-refractivity contribution >= 4 is 23.4 Å². The van der Waals surface area contributed by atoms with Crippen LogP contribution in [0.1, 0.15) is 50.0 Å². The molecule has 0 aliphatic carbocycles. The Balaban J connectivity index is 1.43. The molecule has 7 nitrogen and oxygen atoms in total. The number of likely N-dealkylation sites (tertiary alicyclic amines) is 1. The first-order valence-corrected chi connectivity index (χ1v) is 13.1. The van der Waals surface area contributed by atoms with E-state index in [0.29, 0.717) is 41.7 Å². The molecule has 1 aliphatic heterocycles. The summed E-state index contributed by atoms with van der Waals surface area (Å²) >= 11 is 6.04. The average molecular weight is 536 g/mol. The zero-order chi connectivity index (χ0) is 27.5. The summed E-state index contributed by atoms with van der Waals surface area (Å²) in [6.07, 6.45) is 1.81. The average Bonchev–Trinajstić information content (AvgIpc) is 2.89. The molecule has 4 rings (SSSR count). The summed E-state index contributed by atoms with van der Waals surface area (Å²) in [5.74, 6) is 0.324. The smallest absolute Gasteiger partial charge is 0.253 e. The molecule has 0 radical (unpaired) electrons. The molecule has 1 fully saturated rings. The van der Waals surface area contributed by atoms with Gasteiger partial charge in [-0.1, -0.05) is 69.6 Å². The number of para-hydroxylation sites is 1. The summed E-state index contributed by atoms with van der Waals surface area (Å²) in [6.45, 7) is 8.42. The summed E-state index contributed by atoms with van der Waals surface area (Å²) in [7, 11) is 0. The van der Waals surface area contributed by atoms with Crippen molar-refractivity contribution in [3.05, 3.63) is 89.1 Å². The Morgan fingerprint density at radius 2 is 1.74 bits per heavy atom. The van der Waals surface area contributed by atoms with E-state index < -0.39 is 17.1 Å². The maximum Gasteiger partial charge on any atom is 0.253 e. The van der Waals surface area contributed by atoms with Gasteiger partial charge in [0.1, 0.15) is 11.8 Å². The number of nitrogens with zero attached hydrogens (tertiary/aromatic N) is 2. The number of aliphatic hydroxyl groups is 1. The number of carbonyl (C=O) groups excluding carboxylic acids is 2. The summed E-state index contributed by atoms with van der Waals surface area (Å²) in [5, 5.41) is 15.2. The standard InChI is InChI=1S/C30H34ClN3O4/c1-20(2)26(33-27(35)21-10-15-25(32-18-21)38-24-8-6-5-7-9-24)28(36)34-17-16-30(37,29(3,4)19-34)22-11-13-23(31)14-12-22/h5-15,18,20,26,37H,16-17,19H2,1-4H3,(H,33,35)/t26-,30+/m1/s1. The topological polar surface area (TPSA) is 91.8 Å². The van der Waals surface area contributed by atoms with Crippen LogP contribution in [0.4, 0.5) is 0 Å². The molecule has 2 N–H and O–H groups in total. The van der Waals surface area contributed by atoms with Gasteiger partial charge in [-0.05, 0) is 48.2 Å². The molecule has 1 aliphatic rings. The molecule has 1 saturated heterocycles. The van der Waals surface area contributed by atoms with Gasteiger partial charge in [-0.3, -0.25) is 9.59 Å². The van der Waals surface area contributed by atoms with Gasteiger partial charge in [-0.15, -0.1) is 0 Å². The highest BCUT2D eigenvalue weighted by Crippen LogP contribution is 2.46. The summed E-state index contributed by atoms with van der Waals surface area (Å²) in [6, 6.07) is 19.0. The molecule has 8 heteroatoms. The number of hydrogen-bond acceptors (Lipinski definition) is 5. The molecule has 1 aromatic heterocycles. The number of pyridine rings is 1. The van der Waals surface area contributed by atoms with E-state index in [2.05, 4.69) is 10.3 Å². The molecule has 0 spiro atoms. The molecule has 2 heterocycles. The number of rotatable bonds is 7. The maximum absolute atomic E-state index is 13.6. The third kappa shape index (κ3) is 5.84. The van der Waals surface area contributed by atoms with Crippen molar-refractivity contribution in [1.82, 2.24) is 15.2 Å². The van der Waals surface area contributed by atoms with Crippen molar-refractivity contribution < 1.29 is 19.4 Å². The lowest BCUT2D eigenvalue weighted by Gasteiger charge is -2.51. The molecule has 200 valence electrons. The highest BCUT2D eigenvalue weighted by molar-refractivity contribution is 6.30. The van der Waals surface area contributed by atoms with Crippen molar-refractivity contribution in [3.63, 3.8) is 0 Å². The van der Waals surface area contributed by atoms with Crippen LogP contribution in [-0.4, -0.2) is 45.9 Å². The molecule has 38 heavy (non-hydrogen) atoms. The van der Waals surface area contributed by atoms with E-state index in [9.17, 15) is 14.7 Å². The van der Waals surface area contributed by atoms with Crippen molar-refractivity contribution in [2.75, 3.05) is 13.1 Å². The number of hydrogen-bond donors (Lipinski definition) is 2. The minimum atomic E-state index is -1.11. The second kappa shape index (κ2) is 11.1. The lowest BCUT2D eigenvalue weighted by Crippen LogP contribution is -2.60. The second-order valence-corrected chi connectivity index (χ2v) is 11.2. The SMILES string of the molecule is CC(C)[C@@H](NC(=O)c1ccc(Oc2ccccc2)nc1)C(=O)N1CC[C@](O)(c2ccc(Cl)cc2)C(C)(C)C1. The van der Waals surface area contributed by atoms with Crippen LogP contribution < -0.4 is 10.1 Å². The molecular weight excluding hydrogens is 502 g/mol. The molecule has 2 aromatic carbocycles. The predicted molar refractivity (Wildman–Crippen MR) is 147 cm³/mol. The Morgan fingerprint density at radius 3 is 2.32 bits per heavy atom. The van der Waals surface area contributed by atoms with Crippen molar-refractivity contribution in [3.8, 4) is 11.6 Å². The van der Waals surface area contributed by atoms with Gasteiger partial charge in [0.05, 0.1) is 11.2 Å². The zero-order valence-corrected chi connectivity index (χ0v) is 22.9. The van der Waals surface area contributed by atoms with E-state index in [1.807, 2.05) is 70.2 Å². The Bertz CT molecular complexity index is 1260. The third-order valence-electron chi connectivity index (χ3n) is 7.27. The van der Waals surface area contributed by atoms with Crippen LogP contribution in [0.2, 0.25) is 5.02 Å².